The minimum absolute atomic E-state index is 0.0288. The van der Waals surface area contributed by atoms with Gasteiger partial charge in [-0.1, -0.05) is 55.3 Å². The van der Waals surface area contributed by atoms with E-state index in [9.17, 15) is 9.59 Å². The molecule has 1 fully saturated rings. The summed E-state index contributed by atoms with van der Waals surface area (Å²) >= 11 is 6.53. The highest BCUT2D eigenvalue weighted by Crippen LogP contribution is 2.23. The Labute approximate surface area is 171 Å². The zero-order valence-electron chi connectivity index (χ0n) is 16.9. The zero-order chi connectivity index (χ0) is 20.4. The van der Waals surface area contributed by atoms with Crippen molar-refractivity contribution < 1.29 is 9.59 Å². The van der Waals surface area contributed by atoms with Crippen molar-refractivity contribution in [1.29, 1.82) is 0 Å². The average molecular weight is 403 g/mol. The molecular weight excluding hydrogens is 376 g/mol. The lowest BCUT2D eigenvalue weighted by Crippen LogP contribution is -2.51. The number of hydrogen-bond acceptors (Lipinski definition) is 3. The Morgan fingerprint density at radius 2 is 1.61 bits per heavy atom. The summed E-state index contributed by atoms with van der Waals surface area (Å²) in [6.07, 6.45) is 0. The molecule has 2 amide bonds. The first-order chi connectivity index (χ1) is 13.3. The molecule has 28 heavy (non-hydrogen) atoms. The Hall–Kier alpha value is -2.34. The lowest BCUT2D eigenvalue weighted by molar-refractivity contribution is -0.135. The third-order valence-electron chi connectivity index (χ3n) is 5.10. The van der Waals surface area contributed by atoms with Crippen molar-refractivity contribution in [2.24, 2.45) is 5.92 Å². The molecule has 1 aliphatic rings. The van der Waals surface area contributed by atoms with Gasteiger partial charge in [0.2, 0.25) is 5.91 Å². The maximum atomic E-state index is 13.0. The molecule has 7 heteroatoms. The largest absolute Gasteiger partial charge is 0.339 e. The lowest BCUT2D eigenvalue weighted by Gasteiger charge is -2.35. The fraction of sp³-hybridized carbons (Fsp3) is 0.476. The smallest absolute Gasteiger partial charge is 0.259 e. The standard InChI is InChI=1S/C21H27ClN4O2/c1-14(2)20(27)24-9-11-25(12-10-24)21(28)18-16(4)23-26(19(18)22)13-17-7-5-15(3)6-8-17/h5-8,14H,9-13H2,1-4H3. The number of carbonyl (C=O) groups excluding carboxylic acids is 2. The summed E-state index contributed by atoms with van der Waals surface area (Å²) in [6, 6.07) is 8.16. The second kappa shape index (κ2) is 8.35. The predicted molar refractivity (Wildman–Crippen MR) is 110 cm³/mol. The number of amides is 2. The molecular formula is C21H27ClN4O2. The Morgan fingerprint density at radius 3 is 2.18 bits per heavy atom. The second-order valence-corrected chi connectivity index (χ2v) is 8.02. The molecule has 2 aromatic rings. The maximum absolute atomic E-state index is 13.0. The van der Waals surface area contributed by atoms with Crippen LogP contribution in [0.25, 0.3) is 0 Å². The first-order valence-electron chi connectivity index (χ1n) is 9.64. The summed E-state index contributed by atoms with van der Waals surface area (Å²) in [4.78, 5) is 28.8. The van der Waals surface area contributed by atoms with Crippen LogP contribution in [0, 0.1) is 19.8 Å². The van der Waals surface area contributed by atoms with E-state index < -0.39 is 0 Å². The summed E-state index contributed by atoms with van der Waals surface area (Å²) in [5.74, 6) is -0.0134. The van der Waals surface area contributed by atoms with Crippen molar-refractivity contribution in [2.45, 2.75) is 34.2 Å². The van der Waals surface area contributed by atoms with Gasteiger partial charge in [-0.3, -0.25) is 9.59 Å². The maximum Gasteiger partial charge on any atom is 0.259 e. The minimum atomic E-state index is -0.116. The van der Waals surface area contributed by atoms with E-state index in [-0.39, 0.29) is 17.7 Å². The second-order valence-electron chi connectivity index (χ2n) is 7.67. The summed E-state index contributed by atoms with van der Waals surface area (Å²) in [7, 11) is 0. The number of aryl methyl sites for hydroxylation is 2. The molecule has 0 N–H and O–H groups in total. The summed E-state index contributed by atoms with van der Waals surface area (Å²) < 4.78 is 1.67. The predicted octanol–water partition coefficient (Wildman–Crippen LogP) is 3.14. The monoisotopic (exact) mass is 402 g/mol. The van der Waals surface area contributed by atoms with E-state index in [0.29, 0.717) is 49.1 Å². The van der Waals surface area contributed by atoms with Crippen molar-refractivity contribution in [3.05, 3.63) is 51.8 Å². The van der Waals surface area contributed by atoms with Crippen molar-refractivity contribution in [2.75, 3.05) is 26.2 Å². The van der Waals surface area contributed by atoms with Crippen LogP contribution in [0.5, 0.6) is 0 Å². The first-order valence-corrected chi connectivity index (χ1v) is 10.0. The van der Waals surface area contributed by atoms with Gasteiger partial charge in [0.1, 0.15) is 5.15 Å². The number of carbonyl (C=O) groups is 2. The van der Waals surface area contributed by atoms with E-state index in [1.54, 1.807) is 9.58 Å². The van der Waals surface area contributed by atoms with Gasteiger partial charge in [0.15, 0.2) is 0 Å². The molecule has 1 aromatic carbocycles. The molecule has 0 bridgehead atoms. The number of rotatable bonds is 4. The highest BCUT2D eigenvalue weighted by atomic mass is 35.5. The number of benzene rings is 1. The first kappa shape index (κ1) is 20.4. The summed E-state index contributed by atoms with van der Waals surface area (Å²) in [6.45, 7) is 10.3. The number of piperazine rings is 1. The highest BCUT2D eigenvalue weighted by Gasteiger charge is 2.29. The van der Waals surface area contributed by atoms with E-state index >= 15 is 0 Å². The fourth-order valence-corrected chi connectivity index (χ4v) is 3.74. The number of nitrogens with zero attached hydrogens (tertiary/aromatic N) is 4. The van der Waals surface area contributed by atoms with Crippen LogP contribution in [0.15, 0.2) is 24.3 Å². The van der Waals surface area contributed by atoms with E-state index in [4.69, 9.17) is 11.6 Å². The van der Waals surface area contributed by atoms with Gasteiger partial charge < -0.3 is 9.80 Å². The third-order valence-corrected chi connectivity index (χ3v) is 5.49. The molecule has 3 rings (SSSR count). The molecule has 0 aliphatic carbocycles. The molecule has 6 nitrogen and oxygen atoms in total. The molecule has 0 radical (unpaired) electrons. The molecule has 2 heterocycles. The van der Waals surface area contributed by atoms with Crippen LogP contribution in [-0.2, 0) is 11.3 Å². The molecule has 1 aliphatic heterocycles. The SMILES string of the molecule is Cc1ccc(Cn2nc(C)c(C(=O)N3CCN(C(=O)C(C)C)CC3)c2Cl)cc1. The molecule has 0 spiro atoms. The van der Waals surface area contributed by atoms with Crippen LogP contribution in [0.3, 0.4) is 0 Å². The number of aromatic nitrogens is 2. The van der Waals surface area contributed by atoms with Gasteiger partial charge in [0.25, 0.3) is 5.91 Å². The number of halogens is 1. The van der Waals surface area contributed by atoms with Crippen LogP contribution < -0.4 is 0 Å². The molecule has 1 saturated heterocycles. The van der Waals surface area contributed by atoms with Crippen molar-refractivity contribution >= 4 is 23.4 Å². The minimum Gasteiger partial charge on any atom is -0.339 e. The van der Waals surface area contributed by atoms with Crippen LogP contribution in [0.4, 0.5) is 0 Å². The van der Waals surface area contributed by atoms with Gasteiger partial charge in [0, 0.05) is 32.1 Å². The zero-order valence-corrected chi connectivity index (χ0v) is 17.7. The van der Waals surface area contributed by atoms with Crippen LogP contribution in [0.1, 0.15) is 41.0 Å². The van der Waals surface area contributed by atoms with Gasteiger partial charge in [-0.25, -0.2) is 4.68 Å². The van der Waals surface area contributed by atoms with Crippen molar-refractivity contribution in [3.8, 4) is 0 Å². The Kier molecular flexibility index (Phi) is 6.08. The Morgan fingerprint density at radius 1 is 1.04 bits per heavy atom. The molecule has 0 atom stereocenters. The molecule has 0 saturated carbocycles. The van der Waals surface area contributed by atoms with Gasteiger partial charge in [0.05, 0.1) is 17.8 Å². The summed E-state index contributed by atoms with van der Waals surface area (Å²) in [5, 5.41) is 4.85. The van der Waals surface area contributed by atoms with E-state index in [1.165, 1.54) is 5.56 Å². The average Bonchev–Trinajstić information content (AvgIpc) is 2.95. The van der Waals surface area contributed by atoms with Crippen molar-refractivity contribution in [3.63, 3.8) is 0 Å². The van der Waals surface area contributed by atoms with Crippen LogP contribution in [-0.4, -0.2) is 57.6 Å². The quantitative estimate of drug-likeness (QED) is 0.789. The normalized spacial score (nSPS) is 14.6. The third kappa shape index (κ3) is 4.22. The van der Waals surface area contributed by atoms with Crippen LogP contribution in [0.2, 0.25) is 5.15 Å². The lowest BCUT2D eigenvalue weighted by atomic mass is 10.1. The fourth-order valence-electron chi connectivity index (χ4n) is 3.42. The van der Waals surface area contributed by atoms with Gasteiger partial charge in [-0.05, 0) is 19.4 Å². The van der Waals surface area contributed by atoms with E-state index in [1.807, 2.05) is 56.9 Å². The van der Waals surface area contributed by atoms with E-state index in [2.05, 4.69) is 5.10 Å². The van der Waals surface area contributed by atoms with E-state index in [0.717, 1.165) is 5.56 Å². The number of hydrogen-bond donors (Lipinski definition) is 0. The molecule has 150 valence electrons. The van der Waals surface area contributed by atoms with Gasteiger partial charge in [-0.2, -0.15) is 5.10 Å². The highest BCUT2D eigenvalue weighted by molar-refractivity contribution is 6.33. The van der Waals surface area contributed by atoms with Gasteiger partial charge >= 0.3 is 0 Å². The summed E-state index contributed by atoms with van der Waals surface area (Å²) in [5.41, 5.74) is 3.35. The van der Waals surface area contributed by atoms with Crippen molar-refractivity contribution in [1.82, 2.24) is 19.6 Å². The van der Waals surface area contributed by atoms with Gasteiger partial charge in [-0.15, -0.1) is 0 Å². The van der Waals surface area contributed by atoms with Crippen LogP contribution >= 0.6 is 11.6 Å². The topological polar surface area (TPSA) is 58.4 Å². The Bertz CT molecular complexity index is 865. The molecule has 0 unspecified atom stereocenters. The molecule has 1 aromatic heterocycles. The Balaban J connectivity index is 1.72.